The number of amides is 1. The first-order valence-electron chi connectivity index (χ1n) is 10.8. The molecule has 1 atom stereocenters. The van der Waals surface area contributed by atoms with E-state index >= 15 is 0 Å². The Labute approximate surface area is 195 Å². The number of nitrogens with zero attached hydrogens (tertiary/aromatic N) is 4. The maximum Gasteiger partial charge on any atom is 0.225 e. The van der Waals surface area contributed by atoms with Crippen LogP contribution in [0.1, 0.15) is 24.1 Å². The van der Waals surface area contributed by atoms with E-state index in [1.807, 2.05) is 66.2 Å². The summed E-state index contributed by atoms with van der Waals surface area (Å²) in [4.78, 5) is 20.0. The lowest BCUT2D eigenvalue weighted by Crippen LogP contribution is -2.43. The van der Waals surface area contributed by atoms with Gasteiger partial charge >= 0.3 is 0 Å². The monoisotopic (exact) mass is 465 g/mol. The molecule has 1 saturated heterocycles. The summed E-state index contributed by atoms with van der Waals surface area (Å²) in [5.74, 6) is 0.0316. The van der Waals surface area contributed by atoms with Crippen molar-refractivity contribution in [1.82, 2.24) is 20.1 Å². The molecule has 8 heteroatoms. The largest absolute Gasteiger partial charge is 0.352 e. The Hall–Kier alpha value is -2.90. The van der Waals surface area contributed by atoms with Crippen molar-refractivity contribution in [1.29, 1.82) is 0 Å². The molecular weight excluding hydrogens is 442 g/mol. The number of carbonyl (C=O) groups excluding carboxylic acids is 1. The Bertz CT molecular complexity index is 1250. The van der Waals surface area contributed by atoms with Gasteiger partial charge in [-0.2, -0.15) is 10.1 Å². The third kappa shape index (κ3) is 4.23. The van der Waals surface area contributed by atoms with Gasteiger partial charge in [0.1, 0.15) is 0 Å². The van der Waals surface area contributed by atoms with Gasteiger partial charge in [0, 0.05) is 24.7 Å². The molecule has 1 amide bonds. The second-order valence-electron chi connectivity index (χ2n) is 8.11. The first kappa shape index (κ1) is 21.0. The molecule has 3 heterocycles. The average Bonchev–Trinajstić information content (AvgIpc) is 3.39. The minimum Gasteiger partial charge on any atom is -0.352 e. The van der Waals surface area contributed by atoms with Crippen molar-refractivity contribution in [3.05, 3.63) is 70.9 Å². The van der Waals surface area contributed by atoms with Gasteiger partial charge in [0.25, 0.3) is 0 Å². The van der Waals surface area contributed by atoms with Crippen LogP contribution in [0.2, 0.25) is 5.02 Å². The summed E-state index contributed by atoms with van der Waals surface area (Å²) < 4.78 is 3.00. The van der Waals surface area contributed by atoms with E-state index in [1.165, 1.54) is 0 Å². The van der Waals surface area contributed by atoms with Crippen LogP contribution in [0.25, 0.3) is 16.0 Å². The topological polar surface area (TPSA) is 63.1 Å². The molecule has 2 aromatic heterocycles. The highest BCUT2D eigenvalue weighted by Gasteiger charge is 2.28. The van der Waals surface area contributed by atoms with Crippen molar-refractivity contribution in [3.8, 4) is 5.69 Å². The molecule has 5 rings (SSSR count). The molecule has 164 valence electrons. The van der Waals surface area contributed by atoms with Gasteiger partial charge in [-0.3, -0.25) is 4.79 Å². The number of carbonyl (C=O) groups is 1. The van der Waals surface area contributed by atoms with E-state index in [4.69, 9.17) is 16.6 Å². The molecule has 2 aromatic carbocycles. The number of aromatic nitrogens is 3. The lowest BCUT2D eigenvalue weighted by molar-refractivity contribution is -0.125. The van der Waals surface area contributed by atoms with Gasteiger partial charge in [0.05, 0.1) is 22.0 Å². The third-order valence-electron chi connectivity index (χ3n) is 5.80. The van der Waals surface area contributed by atoms with Gasteiger partial charge in [-0.05, 0) is 49.6 Å². The van der Waals surface area contributed by atoms with Crippen molar-refractivity contribution in [2.24, 2.45) is 5.92 Å². The molecule has 0 radical (unpaired) electrons. The Morgan fingerprint density at radius 3 is 2.88 bits per heavy atom. The number of anilines is 1. The van der Waals surface area contributed by atoms with Gasteiger partial charge in [0.15, 0.2) is 10.8 Å². The van der Waals surface area contributed by atoms with E-state index in [1.54, 1.807) is 11.3 Å². The summed E-state index contributed by atoms with van der Waals surface area (Å²) >= 11 is 7.71. The van der Waals surface area contributed by atoms with Crippen LogP contribution in [0.4, 0.5) is 5.13 Å². The Balaban J connectivity index is 1.31. The number of fused-ring (bicyclic) bond motifs is 1. The Morgan fingerprint density at radius 2 is 2.06 bits per heavy atom. The van der Waals surface area contributed by atoms with E-state index in [-0.39, 0.29) is 11.8 Å². The molecule has 1 N–H and O–H groups in total. The fourth-order valence-corrected chi connectivity index (χ4v) is 5.39. The summed E-state index contributed by atoms with van der Waals surface area (Å²) in [6.45, 7) is 4.09. The molecule has 0 spiro atoms. The maximum absolute atomic E-state index is 12.8. The summed E-state index contributed by atoms with van der Waals surface area (Å²) in [6, 6.07) is 17.7. The molecule has 0 aliphatic carbocycles. The second-order valence-corrected chi connectivity index (χ2v) is 9.53. The third-order valence-corrected chi connectivity index (χ3v) is 7.25. The minimum atomic E-state index is -0.0540. The van der Waals surface area contributed by atoms with Crippen LogP contribution in [0, 0.1) is 12.8 Å². The van der Waals surface area contributed by atoms with E-state index < -0.39 is 0 Å². The maximum atomic E-state index is 12.8. The summed E-state index contributed by atoms with van der Waals surface area (Å²) in [6.07, 6.45) is 1.86. The molecule has 0 saturated carbocycles. The molecule has 1 aliphatic rings. The minimum absolute atomic E-state index is 0.0540. The van der Waals surface area contributed by atoms with E-state index in [0.29, 0.717) is 18.1 Å². The molecule has 32 heavy (non-hydrogen) atoms. The average molecular weight is 466 g/mol. The number of nitrogens with one attached hydrogen (secondary N) is 1. The summed E-state index contributed by atoms with van der Waals surface area (Å²) in [7, 11) is 0. The molecule has 1 unspecified atom stereocenters. The highest BCUT2D eigenvalue weighted by atomic mass is 35.5. The van der Waals surface area contributed by atoms with Crippen molar-refractivity contribution >= 4 is 44.3 Å². The number of thiazole rings is 1. The van der Waals surface area contributed by atoms with Crippen LogP contribution in [-0.2, 0) is 11.3 Å². The zero-order valence-corrected chi connectivity index (χ0v) is 19.4. The smallest absolute Gasteiger partial charge is 0.225 e. The molecule has 0 bridgehead atoms. The van der Waals surface area contributed by atoms with E-state index in [0.717, 1.165) is 51.8 Å². The highest BCUT2D eigenvalue weighted by Crippen LogP contribution is 2.34. The van der Waals surface area contributed by atoms with Gasteiger partial charge in [-0.25, -0.2) is 4.68 Å². The number of hydrogen-bond acceptors (Lipinski definition) is 5. The van der Waals surface area contributed by atoms with Crippen LogP contribution in [0.3, 0.4) is 0 Å². The fourth-order valence-electron chi connectivity index (χ4n) is 4.15. The Kier molecular flexibility index (Phi) is 5.85. The second kappa shape index (κ2) is 8.92. The van der Waals surface area contributed by atoms with Gasteiger partial charge in [-0.15, -0.1) is 0 Å². The first-order chi connectivity index (χ1) is 15.6. The number of para-hydroxylation sites is 1. The van der Waals surface area contributed by atoms with Crippen LogP contribution in [0.15, 0.2) is 54.6 Å². The number of piperidine rings is 1. The van der Waals surface area contributed by atoms with Crippen molar-refractivity contribution in [3.63, 3.8) is 0 Å². The number of aryl methyl sites for hydroxylation is 1. The standard InChI is InChI=1S/C24H24ClN5OS/c1-16-21-22(30(28-16)20-10-3-2-4-11-20)27-24(32-21)29-12-6-8-18(15-29)23(31)26-14-17-7-5-9-19(25)13-17/h2-5,7,9-11,13,18H,6,8,12,14-15H2,1H3,(H,26,31). The first-order valence-corrected chi connectivity index (χ1v) is 12.0. The lowest BCUT2D eigenvalue weighted by Gasteiger charge is -2.31. The SMILES string of the molecule is Cc1nn(-c2ccccc2)c2nc(N3CCCC(C(=O)NCc4cccc(Cl)c4)C3)sc12. The van der Waals surface area contributed by atoms with E-state index in [9.17, 15) is 4.79 Å². The predicted octanol–water partition coefficient (Wildman–Crippen LogP) is 4.98. The van der Waals surface area contributed by atoms with Gasteiger partial charge in [-0.1, -0.05) is 53.3 Å². The molecule has 6 nitrogen and oxygen atoms in total. The van der Waals surface area contributed by atoms with Crippen LogP contribution >= 0.6 is 22.9 Å². The fraction of sp³-hybridized carbons (Fsp3) is 0.292. The van der Waals surface area contributed by atoms with Crippen molar-refractivity contribution in [2.45, 2.75) is 26.3 Å². The van der Waals surface area contributed by atoms with Crippen LogP contribution < -0.4 is 10.2 Å². The number of benzene rings is 2. The molecule has 1 aliphatic heterocycles. The van der Waals surface area contributed by atoms with Gasteiger partial charge < -0.3 is 10.2 Å². The van der Waals surface area contributed by atoms with Gasteiger partial charge in [0.2, 0.25) is 5.91 Å². The zero-order chi connectivity index (χ0) is 22.1. The zero-order valence-electron chi connectivity index (χ0n) is 17.8. The Morgan fingerprint density at radius 1 is 1.22 bits per heavy atom. The molecule has 4 aromatic rings. The lowest BCUT2D eigenvalue weighted by atomic mass is 9.97. The van der Waals surface area contributed by atoms with Crippen molar-refractivity contribution < 1.29 is 4.79 Å². The van der Waals surface area contributed by atoms with Crippen LogP contribution in [-0.4, -0.2) is 33.8 Å². The van der Waals surface area contributed by atoms with E-state index in [2.05, 4.69) is 15.3 Å². The normalized spacial score (nSPS) is 16.4. The number of halogens is 1. The summed E-state index contributed by atoms with van der Waals surface area (Å²) in [5.41, 5.74) is 3.85. The highest BCUT2D eigenvalue weighted by molar-refractivity contribution is 7.22. The molecular formula is C24H24ClN5OS. The number of hydrogen-bond donors (Lipinski definition) is 1. The van der Waals surface area contributed by atoms with Crippen molar-refractivity contribution in [2.75, 3.05) is 18.0 Å². The quantitative estimate of drug-likeness (QED) is 0.451. The molecule has 1 fully saturated rings. The number of rotatable bonds is 5. The van der Waals surface area contributed by atoms with Crippen LogP contribution in [0.5, 0.6) is 0 Å². The summed E-state index contributed by atoms with van der Waals surface area (Å²) in [5, 5.41) is 9.39. The predicted molar refractivity (Wildman–Crippen MR) is 130 cm³/mol.